The Kier molecular flexibility index (Phi) is 6.79. The van der Waals surface area contributed by atoms with Crippen LogP contribution in [0, 0.1) is 11.7 Å². The number of hydrogen-bond donors (Lipinski definition) is 4. The second kappa shape index (κ2) is 8.37. The van der Waals surface area contributed by atoms with Crippen LogP contribution < -0.4 is 10.6 Å². The normalized spacial score (nSPS) is 11.9. The number of hydrogen-bond acceptors (Lipinski definition) is 3. The molecule has 0 spiro atoms. The minimum atomic E-state index is -0.710. The van der Waals surface area contributed by atoms with Crippen molar-refractivity contribution >= 4 is 6.03 Å². The number of carbonyl (C=O) groups is 1. The fourth-order valence-electron chi connectivity index (χ4n) is 1.78. The molecule has 0 bridgehead atoms. The number of halogens is 1. The summed E-state index contributed by atoms with van der Waals surface area (Å²) in [6.45, 7) is 2.78. The van der Waals surface area contributed by atoms with Crippen LogP contribution in [0.25, 0.3) is 0 Å². The molecule has 0 saturated carbocycles. The molecule has 0 fully saturated rings. The van der Waals surface area contributed by atoms with E-state index in [4.69, 9.17) is 10.2 Å². The summed E-state index contributed by atoms with van der Waals surface area (Å²) in [6, 6.07) is 3.63. The summed E-state index contributed by atoms with van der Waals surface area (Å²) in [5, 5.41) is 23.2. The van der Waals surface area contributed by atoms with Crippen molar-refractivity contribution in [2.75, 3.05) is 13.2 Å². The summed E-state index contributed by atoms with van der Waals surface area (Å²) < 4.78 is 13.1. The third-order valence-corrected chi connectivity index (χ3v) is 3.13. The van der Waals surface area contributed by atoms with Crippen LogP contribution in [0.1, 0.15) is 25.3 Å². The highest BCUT2D eigenvalue weighted by molar-refractivity contribution is 5.73. The van der Waals surface area contributed by atoms with Crippen molar-refractivity contribution in [2.45, 2.75) is 26.3 Å². The third-order valence-electron chi connectivity index (χ3n) is 3.13. The number of amides is 2. The first-order valence-corrected chi connectivity index (χ1v) is 6.66. The topological polar surface area (TPSA) is 81.6 Å². The van der Waals surface area contributed by atoms with E-state index < -0.39 is 11.6 Å². The predicted molar refractivity (Wildman–Crippen MR) is 73.8 cm³/mol. The lowest BCUT2D eigenvalue weighted by Gasteiger charge is -2.14. The van der Waals surface area contributed by atoms with E-state index in [-0.39, 0.29) is 25.1 Å². The molecule has 0 aromatic heterocycles. The molecular formula is C14H21FN2O3. The summed E-state index contributed by atoms with van der Waals surface area (Å²) >= 11 is 0. The van der Waals surface area contributed by atoms with Gasteiger partial charge in [-0.2, -0.15) is 0 Å². The molecule has 6 heteroatoms. The van der Waals surface area contributed by atoms with E-state index in [9.17, 15) is 9.18 Å². The number of urea groups is 1. The maximum absolute atomic E-state index is 13.1. The van der Waals surface area contributed by atoms with Gasteiger partial charge in [0.25, 0.3) is 0 Å². The van der Waals surface area contributed by atoms with Crippen molar-refractivity contribution in [3.05, 3.63) is 29.6 Å². The van der Waals surface area contributed by atoms with Crippen molar-refractivity contribution in [1.29, 1.82) is 0 Å². The highest BCUT2D eigenvalue weighted by Gasteiger charge is 2.08. The van der Waals surface area contributed by atoms with Gasteiger partial charge in [-0.1, -0.05) is 19.4 Å². The van der Waals surface area contributed by atoms with Crippen molar-refractivity contribution in [2.24, 2.45) is 5.92 Å². The Morgan fingerprint density at radius 1 is 1.40 bits per heavy atom. The van der Waals surface area contributed by atoms with Gasteiger partial charge in [-0.3, -0.25) is 0 Å². The Morgan fingerprint density at radius 2 is 2.15 bits per heavy atom. The number of aliphatic hydroxyl groups is 1. The van der Waals surface area contributed by atoms with Crippen LogP contribution in [0.15, 0.2) is 18.2 Å². The summed E-state index contributed by atoms with van der Waals surface area (Å²) in [5.74, 6) is -0.872. The summed E-state index contributed by atoms with van der Waals surface area (Å²) in [6.07, 6.45) is 1.53. The highest BCUT2D eigenvalue weighted by atomic mass is 19.1. The van der Waals surface area contributed by atoms with Crippen LogP contribution in [0.3, 0.4) is 0 Å². The van der Waals surface area contributed by atoms with E-state index in [1.165, 1.54) is 12.1 Å². The number of rotatable bonds is 7. The zero-order valence-electron chi connectivity index (χ0n) is 11.5. The van der Waals surface area contributed by atoms with E-state index in [1.807, 2.05) is 6.92 Å². The van der Waals surface area contributed by atoms with Crippen molar-refractivity contribution in [3.8, 4) is 5.75 Å². The Bertz CT molecular complexity index is 440. The first kappa shape index (κ1) is 16.2. The molecule has 0 saturated heterocycles. The molecule has 0 aliphatic heterocycles. The van der Waals surface area contributed by atoms with Crippen LogP contribution in [-0.4, -0.2) is 29.4 Å². The van der Waals surface area contributed by atoms with Gasteiger partial charge in [-0.25, -0.2) is 9.18 Å². The van der Waals surface area contributed by atoms with Crippen LogP contribution in [0.5, 0.6) is 5.75 Å². The van der Waals surface area contributed by atoms with Crippen molar-refractivity contribution < 1.29 is 19.4 Å². The molecule has 112 valence electrons. The van der Waals surface area contributed by atoms with Gasteiger partial charge < -0.3 is 20.8 Å². The molecule has 1 rings (SSSR count). The van der Waals surface area contributed by atoms with Crippen molar-refractivity contribution in [3.63, 3.8) is 0 Å². The smallest absolute Gasteiger partial charge is 0.315 e. The Labute approximate surface area is 117 Å². The average molecular weight is 284 g/mol. The highest BCUT2D eigenvalue weighted by Crippen LogP contribution is 2.15. The zero-order chi connectivity index (χ0) is 15.0. The van der Waals surface area contributed by atoms with Crippen LogP contribution in [0.2, 0.25) is 0 Å². The SMILES string of the molecule is CCC(CCO)CNC(=O)NCc1ccc(O)c(F)c1. The molecular weight excluding hydrogens is 263 g/mol. The number of benzene rings is 1. The number of aliphatic hydroxyl groups excluding tert-OH is 1. The van der Waals surface area contributed by atoms with Crippen molar-refractivity contribution in [1.82, 2.24) is 10.6 Å². The zero-order valence-corrected chi connectivity index (χ0v) is 11.5. The lowest BCUT2D eigenvalue weighted by molar-refractivity contribution is 0.230. The maximum atomic E-state index is 13.1. The fraction of sp³-hybridized carbons (Fsp3) is 0.500. The molecule has 0 aliphatic carbocycles. The number of carbonyl (C=O) groups excluding carboxylic acids is 1. The standard InChI is InChI=1S/C14H21FN2O3/c1-2-10(5-6-18)8-16-14(20)17-9-11-3-4-13(19)12(15)7-11/h3-4,7,10,18-19H,2,5-6,8-9H2,1H3,(H2,16,17,20). The molecule has 1 atom stereocenters. The molecule has 1 unspecified atom stereocenters. The lowest BCUT2D eigenvalue weighted by Crippen LogP contribution is -2.38. The summed E-state index contributed by atoms with van der Waals surface area (Å²) in [7, 11) is 0. The lowest BCUT2D eigenvalue weighted by atomic mass is 10.0. The van der Waals surface area contributed by atoms with Gasteiger partial charge in [0.05, 0.1) is 0 Å². The van der Waals surface area contributed by atoms with Crippen LogP contribution >= 0.6 is 0 Å². The monoisotopic (exact) mass is 284 g/mol. The Hall–Kier alpha value is -1.82. The Morgan fingerprint density at radius 3 is 2.75 bits per heavy atom. The largest absolute Gasteiger partial charge is 0.505 e. The van der Waals surface area contributed by atoms with E-state index in [2.05, 4.69) is 10.6 Å². The predicted octanol–water partition coefficient (Wildman–Crippen LogP) is 1.74. The number of nitrogens with one attached hydrogen (secondary N) is 2. The van der Waals surface area contributed by atoms with Gasteiger partial charge in [0, 0.05) is 19.7 Å². The first-order chi connectivity index (χ1) is 9.56. The van der Waals surface area contributed by atoms with Gasteiger partial charge in [0.2, 0.25) is 0 Å². The van der Waals surface area contributed by atoms with E-state index in [1.54, 1.807) is 6.07 Å². The van der Waals surface area contributed by atoms with E-state index in [0.29, 0.717) is 18.5 Å². The quantitative estimate of drug-likeness (QED) is 0.615. The fourth-order valence-corrected chi connectivity index (χ4v) is 1.78. The number of phenolic OH excluding ortho intramolecular Hbond substituents is 1. The minimum absolute atomic E-state index is 0.106. The first-order valence-electron chi connectivity index (χ1n) is 6.66. The Balaban J connectivity index is 2.34. The van der Waals surface area contributed by atoms with Gasteiger partial charge >= 0.3 is 6.03 Å². The second-order valence-corrected chi connectivity index (χ2v) is 4.64. The molecule has 1 aromatic rings. The molecule has 1 aromatic carbocycles. The molecule has 0 radical (unpaired) electrons. The molecule has 20 heavy (non-hydrogen) atoms. The molecule has 5 nitrogen and oxygen atoms in total. The molecule has 4 N–H and O–H groups in total. The molecule has 0 heterocycles. The molecule has 0 aliphatic rings. The summed E-state index contributed by atoms with van der Waals surface area (Å²) in [4.78, 5) is 11.6. The van der Waals surface area contributed by atoms with Gasteiger partial charge in [-0.15, -0.1) is 0 Å². The molecule has 2 amide bonds. The second-order valence-electron chi connectivity index (χ2n) is 4.64. The van der Waals surface area contributed by atoms with Crippen LogP contribution in [-0.2, 0) is 6.54 Å². The number of phenols is 1. The number of aromatic hydroxyl groups is 1. The van der Waals surface area contributed by atoms with Gasteiger partial charge in [0.1, 0.15) is 0 Å². The average Bonchev–Trinajstić information content (AvgIpc) is 2.44. The van der Waals surface area contributed by atoms with Gasteiger partial charge in [0.15, 0.2) is 11.6 Å². The van der Waals surface area contributed by atoms with Crippen LogP contribution in [0.4, 0.5) is 9.18 Å². The van der Waals surface area contributed by atoms with E-state index in [0.717, 1.165) is 6.42 Å². The van der Waals surface area contributed by atoms with Gasteiger partial charge in [-0.05, 0) is 30.0 Å². The van der Waals surface area contributed by atoms with E-state index >= 15 is 0 Å². The summed E-state index contributed by atoms with van der Waals surface area (Å²) in [5.41, 5.74) is 0.567. The minimum Gasteiger partial charge on any atom is -0.505 e. The maximum Gasteiger partial charge on any atom is 0.315 e. The third kappa shape index (κ3) is 5.44.